The zero-order valence-electron chi connectivity index (χ0n) is 19.8. The smallest absolute Gasteiger partial charge is 0.294 e. The second-order valence-corrected chi connectivity index (χ2v) is 9.69. The van der Waals surface area contributed by atoms with E-state index in [4.69, 9.17) is 0 Å². The van der Waals surface area contributed by atoms with E-state index in [-0.39, 0.29) is 43.7 Å². The van der Waals surface area contributed by atoms with Crippen LogP contribution in [0.2, 0.25) is 0 Å². The molecule has 0 saturated carbocycles. The molecule has 0 fully saturated rings. The van der Waals surface area contributed by atoms with Crippen molar-refractivity contribution in [3.05, 3.63) is 28.3 Å². The van der Waals surface area contributed by atoms with Crippen molar-refractivity contribution in [2.45, 2.75) is 102 Å². The predicted molar refractivity (Wildman–Crippen MR) is 129 cm³/mol. The zero-order chi connectivity index (χ0) is 23.1. The monoisotopic (exact) mass is 475 g/mol. The molecule has 7 N–H and O–H groups in total. The average molecular weight is 476 g/mol. The van der Waals surface area contributed by atoms with Crippen LogP contribution >= 0.6 is 0 Å². The molecule has 1 aromatic rings. The van der Waals surface area contributed by atoms with Gasteiger partial charge >= 0.3 is 0 Å². The molecule has 0 aromatic heterocycles. The lowest BCUT2D eigenvalue weighted by Gasteiger charge is -2.21. The first-order chi connectivity index (χ1) is 14.9. The van der Waals surface area contributed by atoms with Crippen molar-refractivity contribution in [2.75, 3.05) is 19.8 Å². The first-order valence-corrected chi connectivity index (χ1v) is 13.3. The summed E-state index contributed by atoms with van der Waals surface area (Å²) in [5.74, 6) is 0. The highest BCUT2D eigenvalue weighted by Crippen LogP contribution is 2.30. The summed E-state index contributed by atoms with van der Waals surface area (Å²) in [4.78, 5) is -0.128. The van der Waals surface area contributed by atoms with Gasteiger partial charge in [0, 0.05) is 19.8 Å². The molecule has 8 heteroatoms. The van der Waals surface area contributed by atoms with Crippen molar-refractivity contribution >= 4 is 10.1 Å². The van der Waals surface area contributed by atoms with Crippen LogP contribution < -0.4 is 6.15 Å². The van der Waals surface area contributed by atoms with Gasteiger partial charge in [0.25, 0.3) is 10.1 Å². The highest BCUT2D eigenvalue weighted by Gasteiger charge is 2.23. The van der Waals surface area contributed by atoms with Crippen LogP contribution in [0, 0.1) is 0 Å². The normalized spacial score (nSPS) is 11.5. The van der Waals surface area contributed by atoms with Crippen LogP contribution in [0.1, 0.15) is 93.4 Å². The lowest BCUT2D eigenvalue weighted by molar-refractivity contribution is 0.288. The summed E-state index contributed by atoms with van der Waals surface area (Å²) in [7, 11) is -4.44. The van der Waals surface area contributed by atoms with Crippen molar-refractivity contribution in [3.8, 4) is 0 Å². The molecule has 0 atom stereocenters. The molecule has 0 saturated heterocycles. The van der Waals surface area contributed by atoms with Crippen LogP contribution in [0.15, 0.2) is 11.0 Å². The molecule has 0 amide bonds. The van der Waals surface area contributed by atoms with E-state index in [9.17, 15) is 28.3 Å². The molecular weight excluding hydrogens is 430 g/mol. The topological polar surface area (TPSA) is 150 Å². The molecule has 0 aliphatic heterocycles. The fraction of sp³-hybridized carbons (Fsp3) is 0.750. The number of aliphatic hydroxyl groups is 3. The molecule has 1 aromatic carbocycles. The van der Waals surface area contributed by atoms with Crippen molar-refractivity contribution in [3.63, 3.8) is 0 Å². The van der Waals surface area contributed by atoms with Gasteiger partial charge in [-0.05, 0) is 60.4 Å². The Morgan fingerprint density at radius 2 is 1.12 bits per heavy atom. The Hall–Kier alpha value is -1.03. The van der Waals surface area contributed by atoms with Gasteiger partial charge in [-0.2, -0.15) is 8.42 Å². The van der Waals surface area contributed by atoms with Crippen LogP contribution in [0.3, 0.4) is 0 Å². The lowest BCUT2D eigenvalue weighted by Crippen LogP contribution is -2.15. The first-order valence-electron chi connectivity index (χ1n) is 11.9. The highest BCUT2D eigenvalue weighted by atomic mass is 32.2. The van der Waals surface area contributed by atoms with Crippen LogP contribution in [-0.2, 0) is 35.8 Å². The minimum Gasteiger partial charge on any atom is -0.396 e. The average Bonchev–Trinajstić information content (AvgIpc) is 2.72. The van der Waals surface area contributed by atoms with Crippen molar-refractivity contribution in [1.29, 1.82) is 0 Å². The van der Waals surface area contributed by atoms with Gasteiger partial charge in [-0.1, -0.05) is 64.7 Å². The Morgan fingerprint density at radius 1 is 0.656 bits per heavy atom. The summed E-state index contributed by atoms with van der Waals surface area (Å²) >= 11 is 0. The summed E-state index contributed by atoms with van der Waals surface area (Å²) in [5, 5.41) is 28.4. The lowest BCUT2D eigenvalue weighted by atomic mass is 9.88. The fourth-order valence-corrected chi connectivity index (χ4v) is 5.16. The first kappa shape index (κ1) is 31.0. The Kier molecular flexibility index (Phi) is 16.9. The molecule has 188 valence electrons. The number of unbranched alkanes of at least 4 members (excludes halogenated alkanes) is 9. The third kappa shape index (κ3) is 10.7. The molecule has 0 heterocycles. The summed E-state index contributed by atoms with van der Waals surface area (Å²) < 4.78 is 34.0. The SMILES string of the molecule is CCCCCCCCCCCCc1c(S(=O)(=O)O)cc(CCO)c(CCO)c1CCO.N. The third-order valence-electron chi connectivity index (χ3n) is 5.88. The second-order valence-electron chi connectivity index (χ2n) is 8.30. The van der Waals surface area contributed by atoms with Gasteiger partial charge in [-0.15, -0.1) is 0 Å². The number of hydrogen-bond donors (Lipinski definition) is 5. The molecule has 0 spiro atoms. The molecule has 0 unspecified atom stereocenters. The van der Waals surface area contributed by atoms with Crippen LogP contribution in [0.25, 0.3) is 0 Å². The standard InChI is InChI=1S/C24H42O6S.H3N/c1-2-3-4-5-6-7-8-9-10-11-12-23-22(15-18-27)21(14-17-26)20(13-16-25)19-24(23)31(28,29)30;/h19,25-27H,2-18H2,1H3,(H,28,29,30);1H3. The summed E-state index contributed by atoms with van der Waals surface area (Å²) in [6, 6.07) is 1.43. The third-order valence-corrected chi connectivity index (χ3v) is 6.80. The van der Waals surface area contributed by atoms with E-state index in [0.717, 1.165) is 24.8 Å². The van der Waals surface area contributed by atoms with E-state index >= 15 is 0 Å². The molecule has 0 radical (unpaired) electrons. The van der Waals surface area contributed by atoms with Gasteiger partial charge in [0.15, 0.2) is 0 Å². The maximum Gasteiger partial charge on any atom is 0.294 e. The molecular formula is C24H45NO6S. The molecule has 0 aliphatic rings. The minimum atomic E-state index is -4.44. The molecule has 0 aliphatic carbocycles. The second kappa shape index (κ2) is 17.4. The minimum absolute atomic E-state index is 0. The quantitative estimate of drug-likeness (QED) is 0.158. The van der Waals surface area contributed by atoms with Crippen LogP contribution in [0.5, 0.6) is 0 Å². The van der Waals surface area contributed by atoms with Crippen molar-refractivity contribution < 1.29 is 28.3 Å². The molecule has 1 rings (SSSR count). The van der Waals surface area contributed by atoms with Gasteiger partial charge in [-0.3, -0.25) is 4.55 Å². The van der Waals surface area contributed by atoms with Crippen molar-refractivity contribution in [1.82, 2.24) is 6.15 Å². The summed E-state index contributed by atoms with van der Waals surface area (Å²) in [6.07, 6.45) is 13.0. The van der Waals surface area contributed by atoms with E-state index in [1.807, 2.05) is 0 Å². The molecule has 0 bridgehead atoms. The van der Waals surface area contributed by atoms with Gasteiger partial charge in [0.1, 0.15) is 0 Å². The summed E-state index contributed by atoms with van der Waals surface area (Å²) in [6.45, 7) is 1.78. The van der Waals surface area contributed by atoms with E-state index in [1.54, 1.807) is 0 Å². The molecule has 7 nitrogen and oxygen atoms in total. The van der Waals surface area contributed by atoms with Gasteiger partial charge in [0.05, 0.1) is 4.90 Å². The van der Waals surface area contributed by atoms with E-state index in [2.05, 4.69) is 6.92 Å². The Labute approximate surface area is 194 Å². The maximum atomic E-state index is 12.1. The van der Waals surface area contributed by atoms with Crippen LogP contribution in [0.4, 0.5) is 0 Å². The van der Waals surface area contributed by atoms with Crippen molar-refractivity contribution in [2.24, 2.45) is 0 Å². The largest absolute Gasteiger partial charge is 0.396 e. The Morgan fingerprint density at radius 3 is 1.59 bits per heavy atom. The number of rotatable bonds is 18. The number of benzene rings is 1. The highest BCUT2D eigenvalue weighted by molar-refractivity contribution is 7.85. The Balaban J connectivity index is 0.00000961. The predicted octanol–water partition coefficient (Wildman–Crippen LogP) is 4.16. The van der Waals surface area contributed by atoms with E-state index in [1.165, 1.54) is 51.0 Å². The van der Waals surface area contributed by atoms with Gasteiger partial charge < -0.3 is 21.5 Å². The fourth-order valence-electron chi connectivity index (χ4n) is 4.33. The van der Waals surface area contributed by atoms with Gasteiger partial charge in [-0.25, -0.2) is 0 Å². The van der Waals surface area contributed by atoms with E-state index < -0.39 is 10.1 Å². The zero-order valence-corrected chi connectivity index (χ0v) is 20.6. The van der Waals surface area contributed by atoms with Gasteiger partial charge in [0.2, 0.25) is 0 Å². The van der Waals surface area contributed by atoms with Crippen LogP contribution in [-0.4, -0.2) is 48.1 Å². The Bertz CT molecular complexity index is 736. The maximum absolute atomic E-state index is 12.1. The summed E-state index contributed by atoms with van der Waals surface area (Å²) in [5.41, 5.74) is 2.60. The molecule has 32 heavy (non-hydrogen) atoms. The number of hydrogen-bond acceptors (Lipinski definition) is 6. The van der Waals surface area contributed by atoms with E-state index in [0.29, 0.717) is 29.5 Å². The number of aliphatic hydroxyl groups excluding tert-OH is 3.